The first kappa shape index (κ1) is 12.4. The molecule has 0 unspecified atom stereocenters. The number of hydrogen-bond donors (Lipinski definition) is 0. The maximum Gasteiger partial charge on any atom is 0.254 e. The topological polar surface area (TPSA) is 33.2 Å². The molecule has 3 nitrogen and oxygen atoms in total. The maximum atomic E-state index is 12.2. The van der Waals surface area contributed by atoms with E-state index >= 15 is 0 Å². The molecule has 0 saturated heterocycles. The molecule has 1 aliphatic rings. The van der Waals surface area contributed by atoms with E-state index in [1.807, 2.05) is 11.8 Å². The van der Waals surface area contributed by atoms with E-state index in [-0.39, 0.29) is 5.91 Å². The van der Waals surface area contributed by atoms with Gasteiger partial charge in [0.05, 0.1) is 0 Å². The molecule has 0 N–H and O–H groups in total. The van der Waals surface area contributed by atoms with Crippen LogP contribution in [-0.4, -0.2) is 28.9 Å². The first-order valence-corrected chi connectivity index (χ1v) is 6.49. The number of rotatable bonds is 4. The molecule has 2 rings (SSSR count). The third-order valence-electron chi connectivity index (χ3n) is 3.35. The summed E-state index contributed by atoms with van der Waals surface area (Å²) in [7, 11) is 0. The fraction of sp³-hybridized carbons (Fsp3) is 0.538. The van der Waals surface area contributed by atoms with Crippen LogP contribution in [0.1, 0.15) is 36.5 Å². The standard InChI is InChI=1S/C13H17ClN2O/c1-2-16(9-10-4-3-5-10)13(17)11-6-7-15-12(14)8-11/h6-8,10H,2-5,9H2,1H3. The van der Waals surface area contributed by atoms with Crippen molar-refractivity contribution in [2.24, 2.45) is 5.92 Å². The minimum absolute atomic E-state index is 0.0590. The van der Waals surface area contributed by atoms with Crippen molar-refractivity contribution in [3.8, 4) is 0 Å². The number of hydrogen-bond acceptors (Lipinski definition) is 2. The molecule has 1 aromatic heterocycles. The van der Waals surface area contributed by atoms with Crippen molar-refractivity contribution in [3.63, 3.8) is 0 Å². The van der Waals surface area contributed by atoms with Crippen LogP contribution in [0.3, 0.4) is 0 Å². The second-order valence-electron chi connectivity index (χ2n) is 4.51. The summed E-state index contributed by atoms with van der Waals surface area (Å²) in [5.74, 6) is 0.750. The SMILES string of the molecule is CCN(CC1CCC1)C(=O)c1ccnc(Cl)c1. The van der Waals surface area contributed by atoms with Gasteiger partial charge < -0.3 is 4.90 Å². The van der Waals surface area contributed by atoms with E-state index in [2.05, 4.69) is 4.98 Å². The Morgan fingerprint density at radius 2 is 2.35 bits per heavy atom. The molecule has 0 radical (unpaired) electrons. The van der Waals surface area contributed by atoms with Crippen molar-refractivity contribution >= 4 is 17.5 Å². The lowest BCUT2D eigenvalue weighted by Crippen LogP contribution is -2.37. The lowest BCUT2D eigenvalue weighted by Gasteiger charge is -2.31. The first-order chi connectivity index (χ1) is 8.20. The summed E-state index contributed by atoms with van der Waals surface area (Å²) < 4.78 is 0. The van der Waals surface area contributed by atoms with Crippen molar-refractivity contribution in [3.05, 3.63) is 29.0 Å². The average Bonchev–Trinajstić information content (AvgIpc) is 2.27. The summed E-state index contributed by atoms with van der Waals surface area (Å²) in [5.41, 5.74) is 0.631. The number of amides is 1. The smallest absolute Gasteiger partial charge is 0.254 e. The Morgan fingerprint density at radius 1 is 1.59 bits per heavy atom. The Bertz CT molecular complexity index is 404. The Labute approximate surface area is 107 Å². The summed E-state index contributed by atoms with van der Waals surface area (Å²) in [5, 5.41) is 0.371. The molecule has 0 aromatic carbocycles. The molecule has 0 spiro atoms. The quantitative estimate of drug-likeness (QED) is 0.772. The van der Waals surface area contributed by atoms with Crippen LogP contribution in [0.25, 0.3) is 0 Å². The average molecular weight is 253 g/mol. The van der Waals surface area contributed by atoms with Crippen LogP contribution in [0.15, 0.2) is 18.3 Å². The second-order valence-corrected chi connectivity index (χ2v) is 4.90. The number of carbonyl (C=O) groups is 1. The molecule has 1 saturated carbocycles. The maximum absolute atomic E-state index is 12.2. The second kappa shape index (κ2) is 5.50. The van der Waals surface area contributed by atoms with Gasteiger partial charge >= 0.3 is 0 Å². The van der Waals surface area contributed by atoms with Crippen molar-refractivity contribution in [2.75, 3.05) is 13.1 Å². The van der Waals surface area contributed by atoms with Gasteiger partial charge in [0.1, 0.15) is 5.15 Å². The fourth-order valence-electron chi connectivity index (χ4n) is 2.06. The van der Waals surface area contributed by atoms with Crippen LogP contribution in [0, 0.1) is 5.92 Å². The lowest BCUT2D eigenvalue weighted by molar-refractivity contribution is 0.0706. The van der Waals surface area contributed by atoms with Gasteiger partial charge in [-0.15, -0.1) is 0 Å². The predicted molar refractivity (Wildman–Crippen MR) is 68.2 cm³/mol. The Hall–Kier alpha value is -1.09. The highest BCUT2D eigenvalue weighted by Gasteiger charge is 2.23. The molecule has 92 valence electrons. The molecule has 1 amide bonds. The normalized spacial score (nSPS) is 15.4. The zero-order valence-electron chi connectivity index (χ0n) is 10.0. The van der Waals surface area contributed by atoms with E-state index < -0.39 is 0 Å². The van der Waals surface area contributed by atoms with Gasteiger partial charge in [-0.25, -0.2) is 4.98 Å². The Kier molecular flexibility index (Phi) is 4.00. The highest BCUT2D eigenvalue weighted by atomic mass is 35.5. The van der Waals surface area contributed by atoms with Gasteiger partial charge in [0.2, 0.25) is 0 Å². The molecular weight excluding hydrogens is 236 g/mol. The van der Waals surface area contributed by atoms with E-state index in [0.29, 0.717) is 16.6 Å². The van der Waals surface area contributed by atoms with Gasteiger partial charge in [0, 0.05) is 24.8 Å². The van der Waals surface area contributed by atoms with Crippen molar-refractivity contribution < 1.29 is 4.79 Å². The summed E-state index contributed by atoms with van der Waals surface area (Å²) in [4.78, 5) is 18.0. The van der Waals surface area contributed by atoms with Gasteiger partial charge in [-0.3, -0.25) is 4.79 Å². The van der Waals surface area contributed by atoms with Gasteiger partial charge in [-0.2, -0.15) is 0 Å². The Morgan fingerprint density at radius 3 is 2.88 bits per heavy atom. The van der Waals surface area contributed by atoms with Crippen LogP contribution in [0.2, 0.25) is 5.15 Å². The van der Waals surface area contributed by atoms with E-state index in [1.54, 1.807) is 18.3 Å². The number of aromatic nitrogens is 1. The monoisotopic (exact) mass is 252 g/mol. The third-order valence-corrected chi connectivity index (χ3v) is 3.55. The zero-order valence-corrected chi connectivity index (χ0v) is 10.8. The molecule has 1 heterocycles. The minimum atomic E-state index is 0.0590. The molecule has 1 aliphatic carbocycles. The first-order valence-electron chi connectivity index (χ1n) is 6.11. The summed E-state index contributed by atoms with van der Waals surface area (Å²) in [6.45, 7) is 3.63. The predicted octanol–water partition coefficient (Wildman–Crippen LogP) is 3.00. The molecule has 1 aromatic rings. The third kappa shape index (κ3) is 2.97. The highest BCUT2D eigenvalue weighted by Crippen LogP contribution is 2.27. The van der Waals surface area contributed by atoms with Crippen LogP contribution in [0.4, 0.5) is 0 Å². The minimum Gasteiger partial charge on any atom is -0.339 e. The Balaban J connectivity index is 2.05. The molecular formula is C13H17ClN2O. The van der Waals surface area contributed by atoms with Crippen LogP contribution < -0.4 is 0 Å². The van der Waals surface area contributed by atoms with Crippen LogP contribution >= 0.6 is 11.6 Å². The van der Waals surface area contributed by atoms with Gasteiger partial charge in [-0.05, 0) is 37.8 Å². The summed E-state index contributed by atoms with van der Waals surface area (Å²) in [6.07, 6.45) is 5.38. The van der Waals surface area contributed by atoms with Gasteiger partial charge in [0.25, 0.3) is 5.91 Å². The molecule has 0 atom stereocenters. The largest absolute Gasteiger partial charge is 0.339 e. The fourth-order valence-corrected chi connectivity index (χ4v) is 2.23. The van der Waals surface area contributed by atoms with E-state index in [9.17, 15) is 4.79 Å². The number of nitrogens with zero attached hydrogens (tertiary/aromatic N) is 2. The van der Waals surface area contributed by atoms with E-state index in [1.165, 1.54) is 19.3 Å². The van der Waals surface area contributed by atoms with Gasteiger partial charge in [0.15, 0.2) is 0 Å². The van der Waals surface area contributed by atoms with E-state index in [0.717, 1.165) is 13.1 Å². The zero-order chi connectivity index (χ0) is 12.3. The highest BCUT2D eigenvalue weighted by molar-refractivity contribution is 6.29. The van der Waals surface area contributed by atoms with Crippen LogP contribution in [-0.2, 0) is 0 Å². The summed E-state index contributed by atoms with van der Waals surface area (Å²) in [6, 6.07) is 3.35. The summed E-state index contributed by atoms with van der Waals surface area (Å²) >= 11 is 5.80. The molecule has 4 heteroatoms. The number of halogens is 1. The molecule has 0 aliphatic heterocycles. The van der Waals surface area contributed by atoms with E-state index in [4.69, 9.17) is 11.6 Å². The van der Waals surface area contributed by atoms with Crippen LogP contribution in [0.5, 0.6) is 0 Å². The number of pyridine rings is 1. The molecule has 1 fully saturated rings. The molecule has 17 heavy (non-hydrogen) atoms. The van der Waals surface area contributed by atoms with Crippen molar-refractivity contribution in [2.45, 2.75) is 26.2 Å². The lowest BCUT2D eigenvalue weighted by atomic mass is 9.85. The van der Waals surface area contributed by atoms with Gasteiger partial charge in [-0.1, -0.05) is 18.0 Å². The van der Waals surface area contributed by atoms with Crippen molar-refractivity contribution in [1.82, 2.24) is 9.88 Å². The van der Waals surface area contributed by atoms with Crippen molar-refractivity contribution in [1.29, 1.82) is 0 Å². The molecule has 0 bridgehead atoms. The number of carbonyl (C=O) groups excluding carboxylic acids is 1.